The molecule has 134 valence electrons. The van der Waals surface area contributed by atoms with E-state index in [0.717, 1.165) is 31.4 Å². The molecular formula is C17H23F3N2O2. The minimum absolute atomic E-state index is 0.0930. The van der Waals surface area contributed by atoms with E-state index in [-0.39, 0.29) is 24.6 Å². The first-order valence-corrected chi connectivity index (χ1v) is 8.09. The molecule has 0 spiro atoms. The molecule has 2 amide bonds. The molecule has 0 aromatic heterocycles. The Morgan fingerprint density at radius 3 is 2.29 bits per heavy atom. The summed E-state index contributed by atoms with van der Waals surface area (Å²) in [6, 6.07) is 4.54. The molecule has 1 aromatic carbocycles. The van der Waals surface area contributed by atoms with Crippen LogP contribution in [-0.4, -0.2) is 35.7 Å². The second-order valence-electron chi connectivity index (χ2n) is 6.35. The fourth-order valence-electron chi connectivity index (χ4n) is 2.91. The molecular weight excluding hydrogens is 321 g/mol. The van der Waals surface area contributed by atoms with Crippen LogP contribution < -0.4 is 5.32 Å². The molecule has 7 heteroatoms. The molecule has 1 aromatic rings. The van der Waals surface area contributed by atoms with Crippen molar-refractivity contribution in [2.24, 2.45) is 5.41 Å². The van der Waals surface area contributed by atoms with Gasteiger partial charge in [-0.15, -0.1) is 0 Å². The van der Waals surface area contributed by atoms with Crippen molar-refractivity contribution >= 4 is 6.03 Å². The number of amides is 2. The first kappa shape index (κ1) is 18.6. The highest BCUT2D eigenvalue weighted by atomic mass is 19.4. The zero-order valence-corrected chi connectivity index (χ0v) is 13.7. The zero-order valence-electron chi connectivity index (χ0n) is 13.7. The van der Waals surface area contributed by atoms with Gasteiger partial charge < -0.3 is 15.3 Å². The standard InChI is InChI=1S/C17H23F3N2O2/c1-2-16(12-23)7-9-22(10-8-16)15(24)21-11-13-3-5-14(6-4-13)17(18,19)20/h3-6,23H,2,7-12H2,1H3,(H,21,24). The minimum Gasteiger partial charge on any atom is -0.396 e. The molecule has 1 aliphatic rings. The molecule has 0 saturated carbocycles. The average Bonchev–Trinajstić information content (AvgIpc) is 2.59. The van der Waals surface area contributed by atoms with Gasteiger partial charge in [0.05, 0.1) is 5.56 Å². The van der Waals surface area contributed by atoms with E-state index < -0.39 is 11.7 Å². The lowest BCUT2D eigenvalue weighted by Gasteiger charge is -2.40. The first-order valence-electron chi connectivity index (χ1n) is 8.09. The van der Waals surface area contributed by atoms with Crippen molar-refractivity contribution < 1.29 is 23.1 Å². The van der Waals surface area contributed by atoms with E-state index in [9.17, 15) is 23.1 Å². The molecule has 4 nitrogen and oxygen atoms in total. The van der Waals surface area contributed by atoms with E-state index in [0.29, 0.717) is 18.7 Å². The Labute approximate surface area is 139 Å². The largest absolute Gasteiger partial charge is 0.416 e. The number of nitrogens with zero attached hydrogens (tertiary/aromatic N) is 1. The van der Waals surface area contributed by atoms with Gasteiger partial charge in [0.1, 0.15) is 0 Å². The second-order valence-corrected chi connectivity index (χ2v) is 6.35. The Balaban J connectivity index is 1.84. The van der Waals surface area contributed by atoms with Gasteiger partial charge in [0.15, 0.2) is 0 Å². The lowest BCUT2D eigenvalue weighted by molar-refractivity contribution is -0.137. The van der Waals surface area contributed by atoms with Gasteiger partial charge in [-0.05, 0) is 42.4 Å². The molecule has 1 fully saturated rings. The van der Waals surface area contributed by atoms with E-state index in [1.165, 1.54) is 12.1 Å². The predicted octanol–water partition coefficient (Wildman–Crippen LogP) is 3.40. The van der Waals surface area contributed by atoms with Gasteiger partial charge in [0, 0.05) is 26.2 Å². The fourth-order valence-corrected chi connectivity index (χ4v) is 2.91. The summed E-state index contributed by atoms with van der Waals surface area (Å²) in [6.45, 7) is 3.51. The van der Waals surface area contributed by atoms with Crippen LogP contribution in [0.4, 0.5) is 18.0 Å². The molecule has 0 atom stereocenters. The van der Waals surface area contributed by atoms with Crippen LogP contribution in [0.25, 0.3) is 0 Å². The number of piperidine rings is 1. The summed E-state index contributed by atoms with van der Waals surface area (Å²) in [5.41, 5.74) is -0.176. The molecule has 2 N–H and O–H groups in total. The maximum Gasteiger partial charge on any atom is 0.416 e. The number of benzene rings is 1. The minimum atomic E-state index is -4.35. The number of halogens is 3. The van der Waals surface area contributed by atoms with Crippen LogP contribution in [0.2, 0.25) is 0 Å². The van der Waals surface area contributed by atoms with Crippen molar-refractivity contribution in [2.45, 2.75) is 38.9 Å². The highest BCUT2D eigenvalue weighted by molar-refractivity contribution is 5.74. The van der Waals surface area contributed by atoms with Gasteiger partial charge >= 0.3 is 12.2 Å². The fraction of sp³-hybridized carbons (Fsp3) is 0.588. The number of hydrogen-bond donors (Lipinski definition) is 2. The van der Waals surface area contributed by atoms with E-state index >= 15 is 0 Å². The predicted molar refractivity (Wildman–Crippen MR) is 84.3 cm³/mol. The number of nitrogens with one attached hydrogen (secondary N) is 1. The Hall–Kier alpha value is -1.76. The van der Waals surface area contributed by atoms with Crippen LogP contribution in [0.5, 0.6) is 0 Å². The lowest BCUT2D eigenvalue weighted by Crippen LogP contribution is -2.48. The van der Waals surface area contributed by atoms with Crippen molar-refractivity contribution in [3.63, 3.8) is 0 Å². The highest BCUT2D eigenvalue weighted by Crippen LogP contribution is 2.34. The molecule has 1 saturated heterocycles. The van der Waals surface area contributed by atoms with Crippen molar-refractivity contribution in [2.75, 3.05) is 19.7 Å². The number of likely N-dealkylation sites (tertiary alicyclic amines) is 1. The van der Waals surface area contributed by atoms with Crippen LogP contribution in [0.1, 0.15) is 37.3 Å². The number of carbonyl (C=O) groups is 1. The molecule has 0 aliphatic carbocycles. The summed E-state index contributed by atoms with van der Waals surface area (Å²) in [6.07, 6.45) is -1.96. The third-order valence-electron chi connectivity index (χ3n) is 4.92. The average molecular weight is 344 g/mol. The maximum atomic E-state index is 12.5. The van der Waals surface area contributed by atoms with Crippen LogP contribution in [0, 0.1) is 5.41 Å². The Morgan fingerprint density at radius 2 is 1.83 bits per heavy atom. The third kappa shape index (κ3) is 4.41. The number of hydrogen-bond acceptors (Lipinski definition) is 2. The van der Waals surface area contributed by atoms with Crippen LogP contribution in [0.15, 0.2) is 24.3 Å². The van der Waals surface area contributed by atoms with Gasteiger partial charge in [0.2, 0.25) is 0 Å². The highest BCUT2D eigenvalue weighted by Gasteiger charge is 2.34. The molecule has 24 heavy (non-hydrogen) atoms. The van der Waals surface area contributed by atoms with E-state index in [1.54, 1.807) is 4.90 Å². The maximum absolute atomic E-state index is 12.5. The van der Waals surface area contributed by atoms with Crippen molar-refractivity contribution in [3.8, 4) is 0 Å². The molecule has 0 radical (unpaired) electrons. The second kappa shape index (κ2) is 7.42. The van der Waals surface area contributed by atoms with Gasteiger partial charge in [-0.3, -0.25) is 0 Å². The van der Waals surface area contributed by atoms with Crippen LogP contribution in [-0.2, 0) is 12.7 Å². The van der Waals surface area contributed by atoms with Crippen molar-refractivity contribution in [3.05, 3.63) is 35.4 Å². The quantitative estimate of drug-likeness (QED) is 0.880. The van der Waals surface area contributed by atoms with Crippen LogP contribution >= 0.6 is 0 Å². The Kier molecular flexibility index (Phi) is 5.74. The van der Waals surface area contributed by atoms with Gasteiger partial charge in [0.25, 0.3) is 0 Å². The summed E-state index contributed by atoms with van der Waals surface area (Å²) in [5, 5.41) is 12.2. The van der Waals surface area contributed by atoms with Crippen molar-refractivity contribution in [1.82, 2.24) is 10.2 Å². The number of alkyl halides is 3. The summed E-state index contributed by atoms with van der Waals surface area (Å²) in [7, 11) is 0. The summed E-state index contributed by atoms with van der Waals surface area (Å²) in [4.78, 5) is 13.8. The normalized spacial score (nSPS) is 17.6. The zero-order chi connectivity index (χ0) is 17.8. The Bertz CT molecular complexity index is 544. The molecule has 1 heterocycles. The number of rotatable bonds is 4. The first-order chi connectivity index (χ1) is 11.3. The van der Waals surface area contributed by atoms with Gasteiger partial charge in [-0.25, -0.2) is 4.79 Å². The lowest BCUT2D eigenvalue weighted by atomic mass is 9.77. The van der Waals surface area contributed by atoms with E-state index in [2.05, 4.69) is 5.32 Å². The van der Waals surface area contributed by atoms with Crippen molar-refractivity contribution in [1.29, 1.82) is 0 Å². The smallest absolute Gasteiger partial charge is 0.396 e. The Morgan fingerprint density at radius 1 is 1.25 bits per heavy atom. The molecule has 1 aliphatic heterocycles. The summed E-state index contributed by atoms with van der Waals surface area (Å²) >= 11 is 0. The molecule has 2 rings (SSSR count). The van der Waals surface area contributed by atoms with Gasteiger partial charge in [-0.2, -0.15) is 13.2 Å². The van der Waals surface area contributed by atoms with Crippen LogP contribution in [0.3, 0.4) is 0 Å². The summed E-state index contributed by atoms with van der Waals surface area (Å²) in [5.74, 6) is 0. The molecule has 0 unspecified atom stereocenters. The van der Waals surface area contributed by atoms with Gasteiger partial charge in [-0.1, -0.05) is 19.1 Å². The SMILES string of the molecule is CCC1(CO)CCN(C(=O)NCc2ccc(C(F)(F)F)cc2)CC1. The van der Waals surface area contributed by atoms with E-state index in [1.807, 2.05) is 6.92 Å². The number of carbonyl (C=O) groups excluding carboxylic acids is 1. The number of aliphatic hydroxyl groups is 1. The summed E-state index contributed by atoms with van der Waals surface area (Å²) < 4.78 is 37.5. The topological polar surface area (TPSA) is 52.6 Å². The number of urea groups is 1. The third-order valence-corrected chi connectivity index (χ3v) is 4.92. The molecule has 0 bridgehead atoms. The van der Waals surface area contributed by atoms with E-state index in [4.69, 9.17) is 0 Å². The number of aliphatic hydroxyl groups excluding tert-OH is 1. The monoisotopic (exact) mass is 344 g/mol.